The first-order valence-electron chi connectivity index (χ1n) is 10.3. The van der Waals surface area contributed by atoms with Crippen LogP contribution in [0.15, 0.2) is 48.0 Å². The van der Waals surface area contributed by atoms with Crippen LogP contribution in [0.25, 0.3) is 10.9 Å². The van der Waals surface area contributed by atoms with Crippen molar-refractivity contribution in [2.45, 2.75) is 32.1 Å². The lowest BCUT2D eigenvalue weighted by atomic mass is 9.96. The third-order valence-corrected chi connectivity index (χ3v) is 6.61. The summed E-state index contributed by atoms with van der Waals surface area (Å²) in [4.78, 5) is 31.7. The SMILES string of the molecule is O=C(NCCc1cccs1)[C@@H]1CCCN(C(=O)CCc2c[nH]c3ccccc23)C1. The van der Waals surface area contributed by atoms with E-state index in [4.69, 9.17) is 0 Å². The molecule has 29 heavy (non-hydrogen) atoms. The fourth-order valence-corrected chi connectivity index (χ4v) is 4.77. The molecule has 1 aliphatic heterocycles. The number of aryl methyl sites for hydroxylation is 1. The monoisotopic (exact) mass is 409 g/mol. The fourth-order valence-electron chi connectivity index (χ4n) is 4.06. The van der Waals surface area contributed by atoms with Gasteiger partial charge in [-0.25, -0.2) is 0 Å². The Balaban J connectivity index is 1.26. The molecule has 0 aliphatic carbocycles. The Bertz CT molecular complexity index is 964. The normalized spacial score (nSPS) is 16.8. The average Bonchev–Trinajstić information content (AvgIpc) is 3.42. The molecule has 6 heteroatoms. The molecule has 4 rings (SSSR count). The predicted molar refractivity (Wildman–Crippen MR) is 117 cm³/mol. The Morgan fingerprint density at radius 2 is 2.07 bits per heavy atom. The number of hydrogen-bond acceptors (Lipinski definition) is 3. The molecule has 3 heterocycles. The van der Waals surface area contributed by atoms with Gasteiger partial charge in [-0.05, 0) is 48.8 Å². The molecule has 2 aromatic heterocycles. The summed E-state index contributed by atoms with van der Waals surface area (Å²) in [6.07, 6.45) is 5.81. The van der Waals surface area contributed by atoms with Crippen molar-refractivity contribution < 1.29 is 9.59 Å². The Labute approximate surface area is 175 Å². The summed E-state index contributed by atoms with van der Waals surface area (Å²) in [5, 5.41) is 6.29. The lowest BCUT2D eigenvalue weighted by molar-refractivity contribution is -0.135. The first-order valence-corrected chi connectivity index (χ1v) is 11.2. The van der Waals surface area contributed by atoms with Crippen LogP contribution in [0.4, 0.5) is 0 Å². The number of piperidine rings is 1. The van der Waals surface area contributed by atoms with E-state index < -0.39 is 0 Å². The van der Waals surface area contributed by atoms with Gasteiger partial charge in [0.2, 0.25) is 11.8 Å². The zero-order valence-electron chi connectivity index (χ0n) is 16.5. The van der Waals surface area contributed by atoms with E-state index in [1.807, 2.05) is 35.4 Å². The highest BCUT2D eigenvalue weighted by Crippen LogP contribution is 2.21. The standard InChI is InChI=1S/C23H27N3O2S/c27-22(10-9-17-15-25-21-8-2-1-7-20(17)21)26-13-3-5-18(16-26)23(28)24-12-11-19-6-4-14-29-19/h1-2,4,6-8,14-15,18,25H,3,5,9-13,16H2,(H,24,28)/t18-/m1/s1. The Kier molecular flexibility index (Phi) is 6.30. The molecule has 5 nitrogen and oxygen atoms in total. The number of rotatable bonds is 7. The van der Waals surface area contributed by atoms with E-state index in [1.165, 1.54) is 15.8 Å². The largest absolute Gasteiger partial charge is 0.361 e. The van der Waals surface area contributed by atoms with Crippen molar-refractivity contribution in [3.05, 3.63) is 58.4 Å². The van der Waals surface area contributed by atoms with Crippen molar-refractivity contribution in [1.29, 1.82) is 0 Å². The number of hydrogen-bond donors (Lipinski definition) is 2. The Hall–Kier alpha value is -2.60. The van der Waals surface area contributed by atoms with Crippen molar-refractivity contribution in [3.8, 4) is 0 Å². The van der Waals surface area contributed by atoms with Crippen molar-refractivity contribution in [2.75, 3.05) is 19.6 Å². The van der Waals surface area contributed by atoms with E-state index in [-0.39, 0.29) is 17.7 Å². The van der Waals surface area contributed by atoms with Gasteiger partial charge in [-0.1, -0.05) is 24.3 Å². The van der Waals surface area contributed by atoms with E-state index in [0.717, 1.165) is 37.7 Å². The highest BCUT2D eigenvalue weighted by molar-refractivity contribution is 7.09. The van der Waals surface area contributed by atoms with Gasteiger partial charge in [0.1, 0.15) is 0 Å². The number of nitrogens with zero attached hydrogens (tertiary/aromatic N) is 1. The number of carbonyl (C=O) groups excluding carboxylic acids is 2. The minimum Gasteiger partial charge on any atom is -0.361 e. The van der Waals surface area contributed by atoms with E-state index in [1.54, 1.807) is 11.3 Å². The number of carbonyl (C=O) groups is 2. The molecule has 0 saturated carbocycles. The second-order valence-electron chi connectivity index (χ2n) is 7.66. The quantitative estimate of drug-likeness (QED) is 0.624. The summed E-state index contributed by atoms with van der Waals surface area (Å²) >= 11 is 1.71. The number of H-pyrrole nitrogens is 1. The maximum atomic E-state index is 12.8. The van der Waals surface area contributed by atoms with Crippen LogP contribution in [0.5, 0.6) is 0 Å². The molecule has 1 aliphatic rings. The minimum atomic E-state index is -0.0934. The maximum absolute atomic E-state index is 12.8. The summed E-state index contributed by atoms with van der Waals surface area (Å²) in [6.45, 7) is 1.95. The lowest BCUT2D eigenvalue weighted by Crippen LogP contribution is -2.45. The number of aromatic amines is 1. The molecule has 0 unspecified atom stereocenters. The third-order valence-electron chi connectivity index (χ3n) is 5.68. The van der Waals surface area contributed by atoms with Gasteiger partial charge in [0, 0.05) is 48.0 Å². The van der Waals surface area contributed by atoms with E-state index in [9.17, 15) is 9.59 Å². The summed E-state index contributed by atoms with van der Waals surface area (Å²) in [5.74, 6) is 0.131. The highest BCUT2D eigenvalue weighted by atomic mass is 32.1. The number of nitrogens with one attached hydrogen (secondary N) is 2. The van der Waals surface area contributed by atoms with Gasteiger partial charge >= 0.3 is 0 Å². The van der Waals surface area contributed by atoms with Crippen LogP contribution in [0.1, 0.15) is 29.7 Å². The Morgan fingerprint density at radius 3 is 2.93 bits per heavy atom. The minimum absolute atomic E-state index is 0.0793. The number of benzene rings is 1. The first-order chi connectivity index (χ1) is 14.2. The van der Waals surface area contributed by atoms with Gasteiger partial charge in [-0.2, -0.15) is 0 Å². The molecule has 1 aromatic carbocycles. The number of para-hydroxylation sites is 1. The van der Waals surface area contributed by atoms with Crippen LogP contribution in [-0.4, -0.2) is 41.3 Å². The molecular formula is C23H27N3O2S. The molecular weight excluding hydrogens is 382 g/mol. The molecule has 1 atom stereocenters. The van der Waals surface area contributed by atoms with Crippen LogP contribution in [0.3, 0.4) is 0 Å². The van der Waals surface area contributed by atoms with Crippen LogP contribution < -0.4 is 5.32 Å². The van der Waals surface area contributed by atoms with Crippen molar-refractivity contribution >= 4 is 34.1 Å². The van der Waals surface area contributed by atoms with Crippen molar-refractivity contribution in [2.24, 2.45) is 5.92 Å². The second kappa shape index (κ2) is 9.27. The van der Waals surface area contributed by atoms with Crippen LogP contribution in [-0.2, 0) is 22.4 Å². The summed E-state index contributed by atoms with van der Waals surface area (Å²) < 4.78 is 0. The number of aromatic nitrogens is 1. The third kappa shape index (κ3) is 4.88. The molecule has 2 amide bonds. The Morgan fingerprint density at radius 1 is 1.17 bits per heavy atom. The smallest absolute Gasteiger partial charge is 0.224 e. The maximum Gasteiger partial charge on any atom is 0.224 e. The molecule has 1 fully saturated rings. The average molecular weight is 410 g/mol. The topological polar surface area (TPSA) is 65.2 Å². The summed E-state index contributed by atoms with van der Waals surface area (Å²) in [6, 6.07) is 12.3. The van der Waals surface area contributed by atoms with Gasteiger partial charge in [-0.3, -0.25) is 9.59 Å². The predicted octanol–water partition coefficient (Wildman–Crippen LogP) is 3.76. The van der Waals surface area contributed by atoms with Gasteiger partial charge in [-0.15, -0.1) is 11.3 Å². The molecule has 0 spiro atoms. The molecule has 2 N–H and O–H groups in total. The second-order valence-corrected chi connectivity index (χ2v) is 8.69. The summed E-state index contributed by atoms with van der Waals surface area (Å²) in [7, 11) is 0. The molecule has 3 aromatic rings. The first kappa shape index (κ1) is 19.7. The zero-order valence-corrected chi connectivity index (χ0v) is 17.3. The van der Waals surface area contributed by atoms with Crippen molar-refractivity contribution in [1.82, 2.24) is 15.2 Å². The van der Waals surface area contributed by atoms with E-state index in [2.05, 4.69) is 27.8 Å². The van der Waals surface area contributed by atoms with Crippen LogP contribution in [0.2, 0.25) is 0 Å². The zero-order chi connectivity index (χ0) is 20.1. The van der Waals surface area contributed by atoms with Gasteiger partial charge in [0.15, 0.2) is 0 Å². The fraction of sp³-hybridized carbons (Fsp3) is 0.391. The van der Waals surface area contributed by atoms with Crippen LogP contribution >= 0.6 is 11.3 Å². The molecule has 0 radical (unpaired) electrons. The molecule has 152 valence electrons. The van der Waals surface area contributed by atoms with Crippen molar-refractivity contribution in [3.63, 3.8) is 0 Å². The van der Waals surface area contributed by atoms with E-state index in [0.29, 0.717) is 19.5 Å². The van der Waals surface area contributed by atoms with Gasteiger partial charge in [0.25, 0.3) is 0 Å². The summed E-state index contributed by atoms with van der Waals surface area (Å²) in [5.41, 5.74) is 2.28. The number of fused-ring (bicyclic) bond motifs is 1. The lowest BCUT2D eigenvalue weighted by Gasteiger charge is -2.32. The van der Waals surface area contributed by atoms with Gasteiger partial charge in [0.05, 0.1) is 5.92 Å². The number of likely N-dealkylation sites (tertiary alicyclic amines) is 1. The molecule has 1 saturated heterocycles. The number of thiophene rings is 1. The van der Waals surface area contributed by atoms with E-state index >= 15 is 0 Å². The molecule has 0 bridgehead atoms. The van der Waals surface area contributed by atoms with Crippen LogP contribution in [0, 0.1) is 5.92 Å². The van der Waals surface area contributed by atoms with Gasteiger partial charge < -0.3 is 15.2 Å². The number of amides is 2. The highest BCUT2D eigenvalue weighted by Gasteiger charge is 2.28.